The maximum Gasteiger partial charge on any atom is 0.223 e. The van der Waals surface area contributed by atoms with Gasteiger partial charge in [0.05, 0.1) is 23.5 Å². The van der Waals surface area contributed by atoms with E-state index < -0.39 is 23.5 Å². The number of benzene rings is 2. The number of hydrogen-bond acceptors (Lipinski definition) is 3. The van der Waals surface area contributed by atoms with Crippen LogP contribution in [0.1, 0.15) is 29.8 Å². The van der Waals surface area contributed by atoms with E-state index in [2.05, 4.69) is 20.3 Å². The van der Waals surface area contributed by atoms with E-state index in [1.165, 1.54) is 18.2 Å². The number of rotatable bonds is 5. The Kier molecular flexibility index (Phi) is 5.15. The van der Waals surface area contributed by atoms with Gasteiger partial charge in [0.25, 0.3) is 0 Å². The van der Waals surface area contributed by atoms with Crippen molar-refractivity contribution in [1.29, 1.82) is 0 Å². The molecule has 4 nitrogen and oxygen atoms in total. The molecule has 4 rings (SSSR count). The van der Waals surface area contributed by atoms with Crippen LogP contribution in [0, 0.1) is 17.5 Å². The summed E-state index contributed by atoms with van der Waals surface area (Å²) in [4.78, 5) is 11.1. The molecule has 2 aromatic carbocycles. The molecule has 0 aliphatic rings. The van der Waals surface area contributed by atoms with E-state index in [1.807, 2.05) is 6.92 Å². The second-order valence-corrected chi connectivity index (χ2v) is 6.95. The molecular weight excluding hydrogens is 401 g/mol. The van der Waals surface area contributed by atoms with Crippen molar-refractivity contribution in [2.24, 2.45) is 0 Å². The third-order valence-electron chi connectivity index (χ3n) is 4.70. The lowest BCUT2D eigenvalue weighted by Gasteiger charge is -2.20. The summed E-state index contributed by atoms with van der Waals surface area (Å²) in [6.45, 7) is 1.96. The second kappa shape index (κ2) is 7.75. The molecule has 0 radical (unpaired) electrons. The third-order valence-corrected chi connectivity index (χ3v) is 4.99. The molecule has 0 amide bonds. The van der Waals surface area contributed by atoms with Gasteiger partial charge in [-0.2, -0.15) is 0 Å². The first-order valence-electron chi connectivity index (χ1n) is 8.95. The van der Waals surface area contributed by atoms with Gasteiger partial charge in [-0.3, -0.25) is 0 Å². The fraction of sp³-hybridized carbons (Fsp3) is 0.143. The van der Waals surface area contributed by atoms with Crippen LogP contribution in [0.15, 0.2) is 48.8 Å². The molecule has 4 aromatic rings. The summed E-state index contributed by atoms with van der Waals surface area (Å²) in [6, 6.07) is 8.40. The first-order valence-corrected chi connectivity index (χ1v) is 9.33. The van der Waals surface area contributed by atoms with Crippen LogP contribution in [-0.4, -0.2) is 15.0 Å². The molecule has 0 bridgehead atoms. The van der Waals surface area contributed by atoms with Gasteiger partial charge in [0.2, 0.25) is 5.95 Å². The Bertz CT molecular complexity index is 1170. The van der Waals surface area contributed by atoms with Gasteiger partial charge in [-0.15, -0.1) is 0 Å². The van der Waals surface area contributed by atoms with Gasteiger partial charge < -0.3 is 10.3 Å². The predicted molar refractivity (Wildman–Crippen MR) is 107 cm³/mol. The molecule has 29 heavy (non-hydrogen) atoms. The van der Waals surface area contributed by atoms with Crippen molar-refractivity contribution in [3.05, 3.63) is 88.1 Å². The largest absolute Gasteiger partial charge is 0.356 e. The van der Waals surface area contributed by atoms with Gasteiger partial charge >= 0.3 is 0 Å². The summed E-state index contributed by atoms with van der Waals surface area (Å²) in [5, 5.41) is 3.92. The first-order chi connectivity index (χ1) is 14.0. The first kappa shape index (κ1) is 19.3. The van der Waals surface area contributed by atoms with Crippen LogP contribution in [0.25, 0.3) is 10.9 Å². The van der Waals surface area contributed by atoms with Crippen molar-refractivity contribution in [2.45, 2.75) is 19.4 Å². The number of fused-ring (bicyclic) bond motifs is 1. The maximum atomic E-state index is 14.0. The summed E-state index contributed by atoms with van der Waals surface area (Å²) < 4.78 is 41.1. The van der Waals surface area contributed by atoms with E-state index in [4.69, 9.17) is 11.6 Å². The summed E-state index contributed by atoms with van der Waals surface area (Å²) in [5.41, 5.74) is 2.76. The lowest BCUT2D eigenvalue weighted by Crippen LogP contribution is -2.16. The highest BCUT2D eigenvalue weighted by molar-refractivity contribution is 6.31. The van der Waals surface area contributed by atoms with Gasteiger partial charge in [0.1, 0.15) is 11.6 Å². The Labute approximate surface area is 169 Å². The lowest BCUT2D eigenvalue weighted by atomic mass is 9.98. The summed E-state index contributed by atoms with van der Waals surface area (Å²) in [6.07, 6.45) is 2.70. The maximum absolute atomic E-state index is 14.0. The molecule has 0 saturated carbocycles. The van der Waals surface area contributed by atoms with Crippen LogP contribution in [-0.2, 0) is 6.42 Å². The van der Waals surface area contributed by atoms with E-state index in [0.717, 1.165) is 23.3 Å². The molecule has 8 heteroatoms. The molecular formula is C21H16ClF3N4. The number of nitrogens with one attached hydrogen (secondary N) is 2. The van der Waals surface area contributed by atoms with Gasteiger partial charge in [0.15, 0.2) is 5.82 Å². The Morgan fingerprint density at radius 1 is 1.07 bits per heavy atom. The zero-order valence-electron chi connectivity index (χ0n) is 15.3. The Morgan fingerprint density at radius 2 is 1.83 bits per heavy atom. The standard InChI is InChI=1S/C21H16ClF3N4/c1-2-14-15-7-16(22)17(25)8-18(15)28-20(14)19(11-4-3-5-12(23)6-11)29-21-26-9-13(24)10-27-21/h3-10,19,28H,2H2,1H3,(H,26,27,29). The quantitative estimate of drug-likeness (QED) is 0.433. The highest BCUT2D eigenvalue weighted by atomic mass is 35.5. The highest BCUT2D eigenvalue weighted by Gasteiger charge is 2.23. The van der Waals surface area contributed by atoms with Crippen molar-refractivity contribution in [3.63, 3.8) is 0 Å². The van der Waals surface area contributed by atoms with Crippen LogP contribution in [0.4, 0.5) is 19.1 Å². The normalized spacial score (nSPS) is 12.3. The fourth-order valence-corrected chi connectivity index (χ4v) is 3.58. The van der Waals surface area contributed by atoms with Crippen molar-refractivity contribution in [3.8, 4) is 0 Å². The average Bonchev–Trinajstić information content (AvgIpc) is 3.04. The molecule has 0 aliphatic carbocycles. The Morgan fingerprint density at radius 3 is 2.52 bits per heavy atom. The minimum Gasteiger partial charge on any atom is -0.356 e. The minimum atomic E-state index is -0.583. The molecule has 2 N–H and O–H groups in total. The van der Waals surface area contributed by atoms with Gasteiger partial charge in [-0.05, 0) is 41.8 Å². The molecule has 0 saturated heterocycles. The van der Waals surface area contributed by atoms with Crippen LogP contribution in [0.2, 0.25) is 5.02 Å². The van der Waals surface area contributed by atoms with Gasteiger partial charge in [-0.1, -0.05) is 30.7 Å². The van der Waals surface area contributed by atoms with Crippen molar-refractivity contribution in [2.75, 3.05) is 5.32 Å². The van der Waals surface area contributed by atoms with Crippen molar-refractivity contribution < 1.29 is 13.2 Å². The van der Waals surface area contributed by atoms with Crippen molar-refractivity contribution in [1.82, 2.24) is 15.0 Å². The average molecular weight is 417 g/mol. The third kappa shape index (κ3) is 3.78. The monoisotopic (exact) mass is 416 g/mol. The van der Waals surface area contributed by atoms with Gasteiger partial charge in [-0.25, -0.2) is 23.1 Å². The zero-order valence-corrected chi connectivity index (χ0v) is 16.1. The number of aromatic nitrogens is 3. The van der Waals surface area contributed by atoms with E-state index in [-0.39, 0.29) is 11.0 Å². The molecule has 1 atom stereocenters. The summed E-state index contributed by atoms with van der Waals surface area (Å²) in [5.74, 6) is -1.34. The summed E-state index contributed by atoms with van der Waals surface area (Å²) in [7, 11) is 0. The zero-order chi connectivity index (χ0) is 20.5. The van der Waals surface area contributed by atoms with E-state index in [1.54, 1.807) is 18.2 Å². The number of nitrogens with zero attached hydrogens (tertiary/aromatic N) is 2. The molecule has 148 valence electrons. The lowest BCUT2D eigenvalue weighted by molar-refractivity contribution is 0.613. The molecule has 0 fully saturated rings. The molecule has 1 unspecified atom stereocenters. The number of halogens is 4. The minimum absolute atomic E-state index is 0.0230. The molecule has 0 aliphatic heterocycles. The summed E-state index contributed by atoms with van der Waals surface area (Å²) >= 11 is 5.98. The molecule has 2 heterocycles. The Balaban J connectivity index is 1.89. The van der Waals surface area contributed by atoms with Gasteiger partial charge in [0, 0.05) is 16.6 Å². The van der Waals surface area contributed by atoms with Crippen LogP contribution in [0.5, 0.6) is 0 Å². The van der Waals surface area contributed by atoms with Crippen LogP contribution in [0.3, 0.4) is 0 Å². The number of anilines is 1. The fourth-order valence-electron chi connectivity index (χ4n) is 3.42. The van der Waals surface area contributed by atoms with Crippen LogP contribution >= 0.6 is 11.6 Å². The number of aromatic amines is 1. The number of H-pyrrole nitrogens is 1. The molecule has 2 aromatic heterocycles. The van der Waals surface area contributed by atoms with E-state index in [0.29, 0.717) is 23.2 Å². The molecule has 0 spiro atoms. The van der Waals surface area contributed by atoms with E-state index in [9.17, 15) is 13.2 Å². The van der Waals surface area contributed by atoms with E-state index >= 15 is 0 Å². The number of aryl methyl sites for hydroxylation is 1. The van der Waals surface area contributed by atoms with Crippen molar-refractivity contribution >= 4 is 28.5 Å². The number of hydrogen-bond donors (Lipinski definition) is 2. The predicted octanol–water partition coefficient (Wildman–Crippen LogP) is 5.79. The smallest absolute Gasteiger partial charge is 0.223 e. The topological polar surface area (TPSA) is 53.6 Å². The Hall–Kier alpha value is -3.06. The SMILES string of the molecule is CCc1c(C(Nc2ncc(F)cn2)c2cccc(F)c2)[nH]c2cc(F)c(Cl)cc12. The highest BCUT2D eigenvalue weighted by Crippen LogP contribution is 2.35. The van der Waals surface area contributed by atoms with Crippen LogP contribution < -0.4 is 5.32 Å². The second-order valence-electron chi connectivity index (χ2n) is 6.54.